The summed E-state index contributed by atoms with van der Waals surface area (Å²) in [5.41, 5.74) is 1.08. The molecule has 1 aliphatic heterocycles. The topological polar surface area (TPSA) is 110 Å². The van der Waals surface area contributed by atoms with Gasteiger partial charge in [-0.05, 0) is 29.8 Å². The Morgan fingerprint density at radius 1 is 1.22 bits per heavy atom. The van der Waals surface area contributed by atoms with Crippen molar-refractivity contribution in [2.75, 3.05) is 20.4 Å². The molecule has 0 saturated heterocycles. The molecule has 1 aliphatic rings. The number of fused-ring (bicyclic) bond motifs is 1. The summed E-state index contributed by atoms with van der Waals surface area (Å²) in [7, 11) is 1.73. The van der Waals surface area contributed by atoms with Crippen LogP contribution in [0.15, 0.2) is 46.0 Å². The van der Waals surface area contributed by atoms with Gasteiger partial charge in [-0.3, -0.25) is 10.1 Å². The van der Waals surface area contributed by atoms with E-state index in [9.17, 15) is 0 Å². The van der Waals surface area contributed by atoms with Crippen molar-refractivity contribution in [1.82, 2.24) is 25.8 Å². The van der Waals surface area contributed by atoms with Crippen LogP contribution in [0.25, 0.3) is 11.6 Å². The van der Waals surface area contributed by atoms with Gasteiger partial charge in [-0.1, -0.05) is 6.07 Å². The molecule has 0 radical (unpaired) electrons. The van der Waals surface area contributed by atoms with Crippen LogP contribution < -0.4 is 20.1 Å². The lowest BCUT2D eigenvalue weighted by Gasteiger charge is -2.11. The van der Waals surface area contributed by atoms with Crippen molar-refractivity contribution in [3.05, 3.63) is 48.0 Å². The van der Waals surface area contributed by atoms with E-state index >= 15 is 0 Å². The van der Waals surface area contributed by atoms with Gasteiger partial charge >= 0.3 is 0 Å². The Bertz CT molecular complexity index is 919. The molecule has 1 aromatic carbocycles. The molecule has 27 heavy (non-hydrogen) atoms. The number of H-pyrrole nitrogens is 1. The van der Waals surface area contributed by atoms with Crippen molar-refractivity contribution in [2.24, 2.45) is 4.99 Å². The molecule has 140 valence electrons. The Morgan fingerprint density at radius 2 is 2.15 bits per heavy atom. The summed E-state index contributed by atoms with van der Waals surface area (Å²) in [5, 5.41) is 13.6. The smallest absolute Gasteiger partial charge is 0.231 e. The molecule has 3 aromatic rings. The molecular formula is C18H20N6O3. The summed E-state index contributed by atoms with van der Waals surface area (Å²) < 4.78 is 16.0. The maximum absolute atomic E-state index is 5.40. The molecule has 0 spiro atoms. The lowest BCUT2D eigenvalue weighted by atomic mass is 10.2. The van der Waals surface area contributed by atoms with Crippen LogP contribution in [0, 0.1) is 0 Å². The molecular weight excluding hydrogens is 348 g/mol. The van der Waals surface area contributed by atoms with Gasteiger partial charge in [0.15, 0.2) is 23.2 Å². The molecule has 0 amide bonds. The van der Waals surface area contributed by atoms with E-state index in [2.05, 4.69) is 30.8 Å². The van der Waals surface area contributed by atoms with Crippen molar-refractivity contribution in [3.63, 3.8) is 0 Å². The molecule has 3 N–H and O–H groups in total. The second-order valence-corrected chi connectivity index (χ2v) is 5.87. The van der Waals surface area contributed by atoms with Gasteiger partial charge in [0.05, 0.1) is 6.26 Å². The predicted octanol–water partition coefficient (Wildman–Crippen LogP) is 1.70. The first kappa shape index (κ1) is 17.0. The fourth-order valence-electron chi connectivity index (χ4n) is 2.68. The van der Waals surface area contributed by atoms with Crippen molar-refractivity contribution < 1.29 is 13.9 Å². The summed E-state index contributed by atoms with van der Waals surface area (Å²) in [6.07, 6.45) is 2.28. The van der Waals surface area contributed by atoms with Crippen LogP contribution in [0.2, 0.25) is 0 Å². The number of hydrogen-bond donors (Lipinski definition) is 3. The van der Waals surface area contributed by atoms with E-state index in [1.807, 2.05) is 30.3 Å². The number of ether oxygens (including phenoxy) is 2. The summed E-state index contributed by atoms with van der Waals surface area (Å²) in [4.78, 5) is 8.65. The third kappa shape index (κ3) is 4.02. The lowest BCUT2D eigenvalue weighted by molar-refractivity contribution is 0.174. The number of rotatable bonds is 6. The maximum Gasteiger partial charge on any atom is 0.231 e. The van der Waals surface area contributed by atoms with Gasteiger partial charge in [-0.2, -0.15) is 5.10 Å². The number of aromatic nitrogens is 3. The van der Waals surface area contributed by atoms with Crippen LogP contribution in [0.4, 0.5) is 0 Å². The van der Waals surface area contributed by atoms with E-state index in [0.717, 1.165) is 22.9 Å². The number of guanidine groups is 1. The van der Waals surface area contributed by atoms with Gasteiger partial charge < -0.3 is 24.5 Å². The number of aromatic amines is 1. The third-order valence-corrected chi connectivity index (χ3v) is 4.05. The third-order valence-electron chi connectivity index (χ3n) is 4.05. The fraction of sp³-hybridized carbons (Fsp3) is 0.278. The average Bonchev–Trinajstić information content (AvgIpc) is 3.45. The molecule has 9 heteroatoms. The Hall–Kier alpha value is -3.49. The zero-order valence-electron chi connectivity index (χ0n) is 14.9. The van der Waals surface area contributed by atoms with E-state index in [0.29, 0.717) is 37.1 Å². The molecule has 9 nitrogen and oxygen atoms in total. The van der Waals surface area contributed by atoms with Crippen molar-refractivity contribution in [3.8, 4) is 23.1 Å². The number of aliphatic imine (C=N–C) groups is 1. The van der Waals surface area contributed by atoms with Gasteiger partial charge in [0, 0.05) is 26.6 Å². The second kappa shape index (κ2) is 7.81. The minimum atomic E-state index is 0.276. The van der Waals surface area contributed by atoms with Crippen molar-refractivity contribution in [1.29, 1.82) is 0 Å². The first-order chi connectivity index (χ1) is 13.3. The number of hydrogen-bond acceptors (Lipinski definition) is 6. The van der Waals surface area contributed by atoms with E-state index < -0.39 is 0 Å². The average molecular weight is 368 g/mol. The first-order valence-corrected chi connectivity index (χ1v) is 8.60. The summed E-state index contributed by atoms with van der Waals surface area (Å²) in [6.45, 7) is 1.56. The van der Waals surface area contributed by atoms with E-state index in [1.165, 1.54) is 0 Å². The number of benzene rings is 1. The van der Waals surface area contributed by atoms with Gasteiger partial charge in [-0.25, -0.2) is 4.98 Å². The zero-order chi connectivity index (χ0) is 18.5. The zero-order valence-corrected chi connectivity index (χ0v) is 14.9. The van der Waals surface area contributed by atoms with Crippen molar-refractivity contribution in [2.45, 2.75) is 13.0 Å². The number of nitrogens with one attached hydrogen (secondary N) is 3. The second-order valence-electron chi connectivity index (χ2n) is 5.87. The molecule has 0 atom stereocenters. The van der Waals surface area contributed by atoms with Gasteiger partial charge in [-0.15, -0.1) is 0 Å². The SMILES string of the molecule is CN=C(NCCc1nc(-c2ccco2)n[nH]1)NCc1ccc2c(c1)OCO2. The van der Waals surface area contributed by atoms with Gasteiger partial charge in [0.2, 0.25) is 12.6 Å². The standard InChI is InChI=1S/C18H20N6O3/c1-19-18(21-10-12-4-5-13-15(9-12)27-11-26-13)20-7-6-16-22-17(24-23-16)14-3-2-8-25-14/h2-5,8-9H,6-7,10-11H2,1H3,(H2,19,20,21)(H,22,23,24). The Morgan fingerprint density at radius 3 is 3.00 bits per heavy atom. The monoisotopic (exact) mass is 368 g/mol. The minimum Gasteiger partial charge on any atom is -0.461 e. The Labute approximate surface area is 155 Å². The van der Waals surface area contributed by atoms with Crippen LogP contribution >= 0.6 is 0 Å². The summed E-state index contributed by atoms with van der Waals surface area (Å²) in [6, 6.07) is 9.51. The Balaban J connectivity index is 1.25. The maximum atomic E-state index is 5.40. The molecule has 0 bridgehead atoms. The highest BCUT2D eigenvalue weighted by molar-refractivity contribution is 5.79. The van der Waals surface area contributed by atoms with Crippen LogP contribution in [0.1, 0.15) is 11.4 Å². The fourth-order valence-corrected chi connectivity index (χ4v) is 2.68. The molecule has 0 fully saturated rings. The highest BCUT2D eigenvalue weighted by Gasteiger charge is 2.13. The predicted molar refractivity (Wildman–Crippen MR) is 98.6 cm³/mol. The van der Waals surface area contributed by atoms with Crippen molar-refractivity contribution >= 4 is 5.96 Å². The minimum absolute atomic E-state index is 0.276. The van der Waals surface area contributed by atoms with Gasteiger partial charge in [0.25, 0.3) is 0 Å². The lowest BCUT2D eigenvalue weighted by Crippen LogP contribution is -2.37. The molecule has 0 saturated carbocycles. The quantitative estimate of drug-likeness (QED) is 0.449. The molecule has 0 aliphatic carbocycles. The Kier molecular flexibility index (Phi) is 4.91. The normalized spacial score (nSPS) is 13.0. The van der Waals surface area contributed by atoms with Crippen LogP contribution in [-0.4, -0.2) is 41.5 Å². The van der Waals surface area contributed by atoms with Gasteiger partial charge in [0.1, 0.15) is 5.82 Å². The number of nitrogens with zero attached hydrogens (tertiary/aromatic N) is 3. The molecule has 3 heterocycles. The summed E-state index contributed by atoms with van der Waals surface area (Å²) >= 11 is 0. The number of furan rings is 1. The molecule has 0 unspecified atom stereocenters. The van der Waals surface area contributed by atoms with E-state index in [4.69, 9.17) is 13.9 Å². The van der Waals surface area contributed by atoms with Crippen LogP contribution in [-0.2, 0) is 13.0 Å². The summed E-state index contributed by atoms with van der Waals surface area (Å²) in [5.74, 6) is 4.24. The van der Waals surface area contributed by atoms with Crippen LogP contribution in [0.5, 0.6) is 11.5 Å². The van der Waals surface area contributed by atoms with Crippen LogP contribution in [0.3, 0.4) is 0 Å². The largest absolute Gasteiger partial charge is 0.461 e. The molecule has 4 rings (SSSR count). The highest BCUT2D eigenvalue weighted by Crippen LogP contribution is 2.32. The molecule has 2 aromatic heterocycles. The first-order valence-electron chi connectivity index (χ1n) is 8.60. The highest BCUT2D eigenvalue weighted by atomic mass is 16.7. The van der Waals surface area contributed by atoms with E-state index in [1.54, 1.807) is 13.3 Å². The van der Waals surface area contributed by atoms with E-state index in [-0.39, 0.29) is 6.79 Å².